The fraction of sp³-hybridized carbons (Fsp3) is 0. The van der Waals surface area contributed by atoms with Crippen LogP contribution < -0.4 is 5.73 Å². The molecule has 0 aliphatic heterocycles. The van der Waals surface area contributed by atoms with Gasteiger partial charge in [-0.3, -0.25) is 0 Å². The topological polar surface area (TPSA) is 51.8 Å². The Morgan fingerprint density at radius 2 is 1.68 bits per heavy atom. The van der Waals surface area contributed by atoms with E-state index in [0.717, 1.165) is 25.4 Å². The van der Waals surface area contributed by atoms with E-state index in [0.29, 0.717) is 11.6 Å². The van der Waals surface area contributed by atoms with Crippen molar-refractivity contribution in [3.63, 3.8) is 0 Å². The molecule has 19 heavy (non-hydrogen) atoms. The molecule has 94 valence electrons. The maximum Gasteiger partial charge on any atom is 0.162 e. The lowest BCUT2D eigenvalue weighted by atomic mass is 10.2. The molecule has 5 heteroatoms. The van der Waals surface area contributed by atoms with Crippen LogP contribution in [0, 0.1) is 0 Å². The fourth-order valence-electron chi connectivity index (χ4n) is 1.88. The van der Waals surface area contributed by atoms with Gasteiger partial charge in [-0.2, -0.15) is 0 Å². The number of hydrogen-bond donors (Lipinski definition) is 1. The SMILES string of the molecule is Nc1nc(-c2cccc(Br)c2)nc2ccc(Br)cc12. The van der Waals surface area contributed by atoms with Crippen molar-refractivity contribution in [1.82, 2.24) is 9.97 Å². The normalized spacial score (nSPS) is 10.8. The number of hydrogen-bond acceptors (Lipinski definition) is 3. The second kappa shape index (κ2) is 4.90. The molecule has 1 aromatic heterocycles. The smallest absolute Gasteiger partial charge is 0.162 e. The molecule has 3 rings (SSSR count). The first-order valence-electron chi connectivity index (χ1n) is 5.62. The van der Waals surface area contributed by atoms with Crippen LogP contribution in [0.3, 0.4) is 0 Å². The summed E-state index contributed by atoms with van der Waals surface area (Å²) >= 11 is 6.87. The summed E-state index contributed by atoms with van der Waals surface area (Å²) in [6.45, 7) is 0. The van der Waals surface area contributed by atoms with E-state index in [4.69, 9.17) is 5.73 Å². The fourth-order valence-corrected chi connectivity index (χ4v) is 2.64. The number of halogens is 2. The van der Waals surface area contributed by atoms with Crippen LogP contribution in [0.25, 0.3) is 22.3 Å². The van der Waals surface area contributed by atoms with Gasteiger partial charge in [0.05, 0.1) is 5.52 Å². The minimum absolute atomic E-state index is 0.487. The number of fused-ring (bicyclic) bond motifs is 1. The maximum atomic E-state index is 6.02. The number of nitrogen functional groups attached to an aromatic ring is 1. The molecule has 0 saturated heterocycles. The van der Waals surface area contributed by atoms with E-state index in [1.807, 2.05) is 42.5 Å². The van der Waals surface area contributed by atoms with Crippen molar-refractivity contribution in [2.45, 2.75) is 0 Å². The van der Waals surface area contributed by atoms with Crippen molar-refractivity contribution in [2.24, 2.45) is 0 Å². The van der Waals surface area contributed by atoms with E-state index < -0.39 is 0 Å². The molecule has 0 unspecified atom stereocenters. The number of benzene rings is 2. The molecule has 0 spiro atoms. The van der Waals surface area contributed by atoms with Gasteiger partial charge in [-0.1, -0.05) is 44.0 Å². The molecule has 0 fully saturated rings. The lowest BCUT2D eigenvalue weighted by Gasteiger charge is -2.06. The molecule has 3 aromatic rings. The van der Waals surface area contributed by atoms with E-state index >= 15 is 0 Å². The number of nitrogens with zero attached hydrogens (tertiary/aromatic N) is 2. The molecule has 3 nitrogen and oxygen atoms in total. The van der Waals surface area contributed by atoms with Crippen LogP contribution in [0.2, 0.25) is 0 Å². The van der Waals surface area contributed by atoms with Gasteiger partial charge in [0.15, 0.2) is 5.82 Å². The molecule has 2 N–H and O–H groups in total. The Labute approximate surface area is 127 Å². The van der Waals surface area contributed by atoms with E-state index in [1.165, 1.54) is 0 Å². The third-order valence-corrected chi connectivity index (χ3v) is 3.76. The lowest BCUT2D eigenvalue weighted by molar-refractivity contribution is 1.23. The quantitative estimate of drug-likeness (QED) is 0.682. The highest BCUT2D eigenvalue weighted by Crippen LogP contribution is 2.26. The van der Waals surface area contributed by atoms with Gasteiger partial charge in [-0.15, -0.1) is 0 Å². The molecule has 1 heterocycles. The highest BCUT2D eigenvalue weighted by Gasteiger charge is 2.08. The highest BCUT2D eigenvalue weighted by molar-refractivity contribution is 9.10. The van der Waals surface area contributed by atoms with Gasteiger partial charge in [-0.25, -0.2) is 9.97 Å². The zero-order valence-electron chi connectivity index (χ0n) is 9.77. The van der Waals surface area contributed by atoms with Crippen LogP contribution in [-0.4, -0.2) is 9.97 Å². The number of rotatable bonds is 1. The Kier molecular flexibility index (Phi) is 3.24. The van der Waals surface area contributed by atoms with Crippen molar-refractivity contribution < 1.29 is 0 Å². The molecule has 0 radical (unpaired) electrons. The van der Waals surface area contributed by atoms with Gasteiger partial charge in [0.25, 0.3) is 0 Å². The van der Waals surface area contributed by atoms with Gasteiger partial charge in [0.1, 0.15) is 5.82 Å². The third-order valence-electron chi connectivity index (χ3n) is 2.77. The van der Waals surface area contributed by atoms with Crippen molar-refractivity contribution in [3.8, 4) is 11.4 Å². The van der Waals surface area contributed by atoms with E-state index in [2.05, 4.69) is 41.8 Å². The summed E-state index contributed by atoms with van der Waals surface area (Å²) in [4.78, 5) is 8.93. The van der Waals surface area contributed by atoms with Gasteiger partial charge in [0, 0.05) is 19.9 Å². The molecule has 0 aliphatic carbocycles. The summed E-state index contributed by atoms with van der Waals surface area (Å²) in [6.07, 6.45) is 0. The van der Waals surface area contributed by atoms with Crippen LogP contribution >= 0.6 is 31.9 Å². The Morgan fingerprint density at radius 1 is 0.895 bits per heavy atom. The molecule has 0 atom stereocenters. The summed E-state index contributed by atoms with van der Waals surface area (Å²) in [5.41, 5.74) is 7.79. The largest absolute Gasteiger partial charge is 0.383 e. The number of aromatic nitrogens is 2. The highest BCUT2D eigenvalue weighted by atomic mass is 79.9. The van der Waals surface area contributed by atoms with Gasteiger partial charge < -0.3 is 5.73 Å². The predicted molar refractivity (Wildman–Crippen MR) is 84.8 cm³/mol. The Hall–Kier alpha value is -1.46. The number of nitrogens with two attached hydrogens (primary N) is 1. The number of anilines is 1. The monoisotopic (exact) mass is 377 g/mol. The summed E-state index contributed by atoms with van der Waals surface area (Å²) in [6, 6.07) is 13.6. The van der Waals surface area contributed by atoms with Crippen LogP contribution in [0.5, 0.6) is 0 Å². The Bertz CT molecular complexity index is 772. The predicted octanol–water partition coefficient (Wildman–Crippen LogP) is 4.40. The van der Waals surface area contributed by atoms with E-state index in [-0.39, 0.29) is 0 Å². The van der Waals surface area contributed by atoms with Crippen LogP contribution in [0.4, 0.5) is 5.82 Å². The third kappa shape index (κ3) is 2.48. The van der Waals surface area contributed by atoms with Crippen molar-refractivity contribution in [3.05, 3.63) is 51.4 Å². The molecule has 0 amide bonds. The van der Waals surface area contributed by atoms with Crippen LogP contribution in [0.15, 0.2) is 51.4 Å². The average Bonchev–Trinajstić information content (AvgIpc) is 2.39. The minimum atomic E-state index is 0.487. The first-order chi connectivity index (χ1) is 9.13. The van der Waals surface area contributed by atoms with Gasteiger partial charge in [-0.05, 0) is 30.3 Å². The molecule has 0 bridgehead atoms. The molecule has 0 saturated carbocycles. The second-order valence-electron chi connectivity index (χ2n) is 4.10. The lowest BCUT2D eigenvalue weighted by Crippen LogP contribution is -1.97. The maximum absolute atomic E-state index is 6.02. The van der Waals surface area contributed by atoms with Gasteiger partial charge in [0.2, 0.25) is 0 Å². The zero-order valence-corrected chi connectivity index (χ0v) is 12.9. The Balaban J connectivity index is 2.24. The molecular weight excluding hydrogens is 370 g/mol. The second-order valence-corrected chi connectivity index (χ2v) is 5.94. The van der Waals surface area contributed by atoms with E-state index in [1.54, 1.807) is 0 Å². The van der Waals surface area contributed by atoms with Crippen molar-refractivity contribution in [2.75, 3.05) is 5.73 Å². The first-order valence-corrected chi connectivity index (χ1v) is 7.21. The summed E-state index contributed by atoms with van der Waals surface area (Å²) < 4.78 is 1.95. The zero-order chi connectivity index (χ0) is 13.4. The summed E-state index contributed by atoms with van der Waals surface area (Å²) in [7, 11) is 0. The van der Waals surface area contributed by atoms with E-state index in [9.17, 15) is 0 Å². The standard InChI is InChI=1S/C14H9Br2N3/c15-9-3-1-2-8(6-9)14-18-12-5-4-10(16)7-11(12)13(17)19-14/h1-7H,(H2,17,18,19). The molecule has 0 aliphatic rings. The first kappa shape index (κ1) is 12.6. The average molecular weight is 379 g/mol. The summed E-state index contributed by atoms with van der Waals surface area (Å²) in [5.74, 6) is 1.12. The minimum Gasteiger partial charge on any atom is -0.383 e. The van der Waals surface area contributed by atoms with Gasteiger partial charge >= 0.3 is 0 Å². The van der Waals surface area contributed by atoms with Crippen molar-refractivity contribution >= 4 is 48.6 Å². The van der Waals surface area contributed by atoms with Crippen LogP contribution in [-0.2, 0) is 0 Å². The molecule has 2 aromatic carbocycles. The summed E-state index contributed by atoms with van der Waals surface area (Å²) in [5, 5.41) is 0.855. The Morgan fingerprint density at radius 3 is 2.47 bits per heavy atom. The van der Waals surface area contributed by atoms with Crippen LogP contribution in [0.1, 0.15) is 0 Å². The van der Waals surface area contributed by atoms with Crippen molar-refractivity contribution in [1.29, 1.82) is 0 Å². The molecular formula is C14H9Br2N3.